The van der Waals surface area contributed by atoms with Gasteiger partial charge in [-0.25, -0.2) is 4.98 Å². The number of likely N-dealkylation sites (tertiary alicyclic amines) is 1. The minimum atomic E-state index is -0.154. The lowest BCUT2D eigenvalue weighted by Gasteiger charge is -2.39. The topological polar surface area (TPSA) is 105 Å². The minimum Gasteiger partial charge on any atom is -0.378 e. The molecule has 3 heterocycles. The van der Waals surface area contributed by atoms with Crippen LogP contribution in [0, 0.1) is 12.8 Å². The second kappa shape index (κ2) is 8.84. The quantitative estimate of drug-likeness (QED) is 0.771. The molecule has 2 aliphatic rings. The zero-order valence-electron chi connectivity index (χ0n) is 16.4. The molecule has 2 atom stereocenters. The summed E-state index contributed by atoms with van der Waals surface area (Å²) >= 11 is 0. The second-order valence-electron chi connectivity index (χ2n) is 7.56. The van der Waals surface area contributed by atoms with Gasteiger partial charge in [0.2, 0.25) is 11.9 Å². The van der Waals surface area contributed by atoms with Crippen molar-refractivity contribution in [2.75, 3.05) is 44.3 Å². The van der Waals surface area contributed by atoms with Crippen LogP contribution in [-0.2, 0) is 16.0 Å². The fourth-order valence-electron chi connectivity index (χ4n) is 4.11. The molecule has 3 N–H and O–H groups in total. The highest BCUT2D eigenvalue weighted by molar-refractivity contribution is 5.77. The number of nitrogens with two attached hydrogens (primary N) is 1. The Labute approximate surface area is 160 Å². The molecule has 2 fully saturated rings. The summed E-state index contributed by atoms with van der Waals surface area (Å²) in [5.74, 6) is 1.09. The van der Waals surface area contributed by atoms with Gasteiger partial charge in [-0.1, -0.05) is 6.92 Å². The smallest absolute Gasteiger partial charge is 0.255 e. The Kier molecular flexibility index (Phi) is 6.49. The summed E-state index contributed by atoms with van der Waals surface area (Å²) in [6.45, 7) is 7.94. The van der Waals surface area contributed by atoms with Crippen LogP contribution >= 0.6 is 0 Å². The van der Waals surface area contributed by atoms with Gasteiger partial charge in [0, 0.05) is 49.9 Å². The molecule has 0 spiro atoms. The van der Waals surface area contributed by atoms with Crippen LogP contribution in [0.2, 0.25) is 0 Å². The molecule has 0 aliphatic carbocycles. The van der Waals surface area contributed by atoms with Crippen molar-refractivity contribution in [1.29, 1.82) is 0 Å². The van der Waals surface area contributed by atoms with E-state index in [0.29, 0.717) is 68.8 Å². The van der Waals surface area contributed by atoms with Crippen molar-refractivity contribution in [3.63, 3.8) is 0 Å². The molecule has 2 saturated heterocycles. The van der Waals surface area contributed by atoms with Crippen molar-refractivity contribution in [3.8, 4) is 0 Å². The molecule has 0 saturated carbocycles. The summed E-state index contributed by atoms with van der Waals surface area (Å²) in [4.78, 5) is 36.7. The molecule has 0 aromatic carbocycles. The van der Waals surface area contributed by atoms with Crippen molar-refractivity contribution >= 4 is 11.9 Å². The lowest BCUT2D eigenvalue weighted by atomic mass is 9.90. The molecule has 1 amide bonds. The fraction of sp³-hybridized carbons (Fsp3) is 0.737. The number of hydrogen-bond acceptors (Lipinski definition) is 6. The van der Waals surface area contributed by atoms with E-state index in [-0.39, 0.29) is 17.5 Å². The van der Waals surface area contributed by atoms with E-state index in [9.17, 15) is 9.59 Å². The van der Waals surface area contributed by atoms with E-state index in [1.807, 2.05) is 16.7 Å². The van der Waals surface area contributed by atoms with Gasteiger partial charge in [0.1, 0.15) is 0 Å². The zero-order chi connectivity index (χ0) is 19.4. The first kappa shape index (κ1) is 19.8. The van der Waals surface area contributed by atoms with E-state index < -0.39 is 0 Å². The molecule has 8 nitrogen and oxygen atoms in total. The van der Waals surface area contributed by atoms with E-state index in [2.05, 4.69) is 16.9 Å². The van der Waals surface area contributed by atoms with E-state index >= 15 is 0 Å². The first-order valence-electron chi connectivity index (χ1n) is 9.93. The van der Waals surface area contributed by atoms with Gasteiger partial charge in [-0.2, -0.15) is 0 Å². The van der Waals surface area contributed by atoms with Crippen LogP contribution in [0.1, 0.15) is 37.4 Å². The number of carbonyl (C=O) groups is 1. The first-order chi connectivity index (χ1) is 13.0. The average molecular weight is 377 g/mol. The van der Waals surface area contributed by atoms with Gasteiger partial charge in [0.05, 0.1) is 13.2 Å². The first-order valence-corrected chi connectivity index (χ1v) is 9.93. The number of hydrogen-bond donors (Lipinski definition) is 2. The molecule has 8 heteroatoms. The number of anilines is 1. The highest BCUT2D eigenvalue weighted by Crippen LogP contribution is 2.23. The lowest BCUT2D eigenvalue weighted by molar-refractivity contribution is -0.136. The maximum absolute atomic E-state index is 12.7. The Bertz CT molecular complexity index is 714. The summed E-state index contributed by atoms with van der Waals surface area (Å²) in [5.41, 5.74) is 7.02. The summed E-state index contributed by atoms with van der Waals surface area (Å²) in [6, 6.07) is 0.104. The van der Waals surface area contributed by atoms with Crippen LogP contribution in [-0.4, -0.2) is 66.2 Å². The minimum absolute atomic E-state index is 0.0769. The molecule has 1 aromatic heterocycles. The third-order valence-electron chi connectivity index (χ3n) is 5.79. The lowest BCUT2D eigenvalue weighted by Crippen LogP contribution is -2.51. The standard InChI is InChI=1S/C19H31N5O3/c1-13-4-3-7-24(16(13)12-20)17(25)6-5-15-14(2)21-19(22-18(15)26)23-8-10-27-11-9-23/h13,16H,3-12,20H2,1-2H3,(H,21,22,26)/t13-,16-/m0/s1. The maximum Gasteiger partial charge on any atom is 0.255 e. The van der Waals surface area contributed by atoms with Crippen LogP contribution in [0.4, 0.5) is 5.95 Å². The monoisotopic (exact) mass is 377 g/mol. The van der Waals surface area contributed by atoms with Crippen LogP contribution < -0.4 is 16.2 Å². The number of nitrogens with zero attached hydrogens (tertiary/aromatic N) is 3. The maximum atomic E-state index is 12.7. The number of morpholine rings is 1. The molecule has 0 unspecified atom stereocenters. The van der Waals surface area contributed by atoms with Gasteiger partial charge >= 0.3 is 0 Å². The van der Waals surface area contributed by atoms with Crippen LogP contribution in [0.15, 0.2) is 4.79 Å². The Morgan fingerprint density at radius 2 is 2.07 bits per heavy atom. The van der Waals surface area contributed by atoms with Gasteiger partial charge in [0.15, 0.2) is 0 Å². The second-order valence-corrected chi connectivity index (χ2v) is 7.56. The van der Waals surface area contributed by atoms with Crippen molar-refractivity contribution in [2.45, 2.75) is 45.6 Å². The van der Waals surface area contributed by atoms with Crippen LogP contribution in [0.5, 0.6) is 0 Å². The molecule has 1 aromatic rings. The largest absolute Gasteiger partial charge is 0.378 e. The van der Waals surface area contributed by atoms with E-state index in [1.165, 1.54) is 0 Å². The number of rotatable bonds is 5. The normalized spacial score (nSPS) is 23.5. The molecule has 3 rings (SSSR count). The number of aromatic nitrogens is 2. The number of carbonyl (C=O) groups excluding carboxylic acids is 1. The Balaban J connectivity index is 1.67. The number of amides is 1. The molecular weight excluding hydrogens is 346 g/mol. The van der Waals surface area contributed by atoms with Gasteiger partial charge < -0.3 is 20.3 Å². The summed E-state index contributed by atoms with van der Waals surface area (Å²) in [6.07, 6.45) is 2.83. The van der Waals surface area contributed by atoms with Gasteiger partial charge in [-0.3, -0.25) is 14.6 Å². The number of ether oxygens (including phenoxy) is 1. The van der Waals surface area contributed by atoms with Crippen molar-refractivity contribution < 1.29 is 9.53 Å². The van der Waals surface area contributed by atoms with E-state index in [4.69, 9.17) is 10.5 Å². The molecule has 2 aliphatic heterocycles. The summed E-state index contributed by atoms with van der Waals surface area (Å²) in [7, 11) is 0. The third kappa shape index (κ3) is 4.50. The highest BCUT2D eigenvalue weighted by atomic mass is 16.5. The number of piperidine rings is 1. The van der Waals surface area contributed by atoms with Crippen LogP contribution in [0.3, 0.4) is 0 Å². The SMILES string of the molecule is Cc1nc(N2CCOCC2)[nH]c(=O)c1CCC(=O)N1CCC[C@H](C)[C@@H]1CN. The molecular formula is C19H31N5O3. The average Bonchev–Trinajstić information content (AvgIpc) is 2.67. The van der Waals surface area contributed by atoms with Crippen molar-refractivity contribution in [2.24, 2.45) is 11.7 Å². The fourth-order valence-corrected chi connectivity index (χ4v) is 4.11. The predicted molar refractivity (Wildman–Crippen MR) is 104 cm³/mol. The number of H-pyrrole nitrogens is 1. The van der Waals surface area contributed by atoms with Crippen molar-refractivity contribution in [1.82, 2.24) is 14.9 Å². The molecule has 27 heavy (non-hydrogen) atoms. The van der Waals surface area contributed by atoms with E-state index in [1.54, 1.807) is 0 Å². The Hall–Kier alpha value is -1.93. The summed E-state index contributed by atoms with van der Waals surface area (Å²) in [5, 5.41) is 0. The van der Waals surface area contributed by atoms with Gasteiger partial charge in [-0.05, 0) is 32.1 Å². The van der Waals surface area contributed by atoms with Crippen LogP contribution in [0.25, 0.3) is 0 Å². The number of aromatic amines is 1. The van der Waals surface area contributed by atoms with Gasteiger partial charge in [0.25, 0.3) is 5.56 Å². The zero-order valence-corrected chi connectivity index (χ0v) is 16.4. The van der Waals surface area contributed by atoms with E-state index in [0.717, 1.165) is 19.4 Å². The van der Waals surface area contributed by atoms with Gasteiger partial charge in [-0.15, -0.1) is 0 Å². The molecule has 0 bridgehead atoms. The summed E-state index contributed by atoms with van der Waals surface area (Å²) < 4.78 is 5.34. The highest BCUT2D eigenvalue weighted by Gasteiger charge is 2.30. The van der Waals surface area contributed by atoms with Crippen molar-refractivity contribution in [3.05, 3.63) is 21.6 Å². The Morgan fingerprint density at radius 3 is 2.74 bits per heavy atom. The Morgan fingerprint density at radius 1 is 1.33 bits per heavy atom. The number of aryl methyl sites for hydroxylation is 1. The number of nitrogens with one attached hydrogen (secondary N) is 1. The predicted octanol–water partition coefficient (Wildman–Crippen LogP) is 0.433. The molecule has 0 radical (unpaired) electrons. The molecule has 150 valence electrons. The third-order valence-corrected chi connectivity index (χ3v) is 5.79.